The predicted molar refractivity (Wildman–Crippen MR) is 58.3 cm³/mol. The molecule has 0 spiro atoms. The maximum Gasteiger partial charge on any atom is 0.0595 e. The van der Waals surface area contributed by atoms with E-state index in [4.69, 9.17) is 0 Å². The summed E-state index contributed by atoms with van der Waals surface area (Å²) in [4.78, 5) is 0. The number of rotatable bonds is 1. The molecule has 2 heteroatoms. The quantitative estimate of drug-likeness (QED) is 0.504. The SMILES string of the molecule is C[SiH](C)C1=CC=C(I)CC1. The number of hydrogen-bond acceptors (Lipinski definition) is 0. The van der Waals surface area contributed by atoms with Crippen molar-refractivity contribution in [2.75, 3.05) is 0 Å². The Labute approximate surface area is 78.1 Å². The summed E-state index contributed by atoms with van der Waals surface area (Å²) in [6.07, 6.45) is 7.23. The van der Waals surface area contributed by atoms with Crippen molar-refractivity contribution in [1.82, 2.24) is 0 Å². The van der Waals surface area contributed by atoms with Gasteiger partial charge in [-0.15, -0.1) is 0 Å². The first-order chi connectivity index (χ1) is 4.70. The standard InChI is InChI=1S/C8H13ISi/c1-10(2)8-5-3-7(9)4-6-8/h3,5,10H,4,6H2,1-2H3. The van der Waals surface area contributed by atoms with Crippen LogP contribution in [0, 0.1) is 0 Å². The first-order valence-corrected chi connectivity index (χ1v) is 7.72. The van der Waals surface area contributed by atoms with E-state index in [1.807, 2.05) is 0 Å². The van der Waals surface area contributed by atoms with Gasteiger partial charge in [-0.05, 0) is 39.0 Å². The second-order valence-electron chi connectivity index (χ2n) is 3.01. The lowest BCUT2D eigenvalue weighted by Gasteiger charge is -2.12. The van der Waals surface area contributed by atoms with E-state index in [2.05, 4.69) is 47.8 Å². The van der Waals surface area contributed by atoms with Gasteiger partial charge in [-0.2, -0.15) is 0 Å². The topological polar surface area (TPSA) is 0 Å². The third kappa shape index (κ3) is 2.23. The van der Waals surface area contributed by atoms with Crippen LogP contribution < -0.4 is 0 Å². The van der Waals surface area contributed by atoms with E-state index in [-0.39, 0.29) is 0 Å². The lowest BCUT2D eigenvalue weighted by molar-refractivity contribution is 1.00. The van der Waals surface area contributed by atoms with E-state index < -0.39 is 8.80 Å². The first-order valence-electron chi connectivity index (χ1n) is 3.75. The lowest BCUT2D eigenvalue weighted by Crippen LogP contribution is -2.07. The molecule has 0 aliphatic heterocycles. The molecular weight excluding hydrogens is 251 g/mol. The first kappa shape index (κ1) is 8.52. The summed E-state index contributed by atoms with van der Waals surface area (Å²) in [6.45, 7) is 4.80. The Hall–Kier alpha value is 0.427. The molecule has 0 heterocycles. The normalized spacial score (nSPS) is 18.8. The number of hydrogen-bond donors (Lipinski definition) is 0. The summed E-state index contributed by atoms with van der Waals surface area (Å²) in [5.74, 6) is 0. The molecule has 0 aromatic rings. The van der Waals surface area contributed by atoms with Gasteiger partial charge in [-0.1, -0.05) is 30.4 Å². The van der Waals surface area contributed by atoms with Crippen molar-refractivity contribution in [2.45, 2.75) is 25.9 Å². The fraction of sp³-hybridized carbons (Fsp3) is 0.500. The van der Waals surface area contributed by atoms with Gasteiger partial charge in [-0.3, -0.25) is 0 Å². The van der Waals surface area contributed by atoms with Crippen LogP contribution in [0.2, 0.25) is 13.1 Å². The Morgan fingerprint density at radius 1 is 1.30 bits per heavy atom. The van der Waals surface area contributed by atoms with E-state index in [0.717, 1.165) is 0 Å². The van der Waals surface area contributed by atoms with Gasteiger partial charge in [0, 0.05) is 0 Å². The molecule has 10 heavy (non-hydrogen) atoms. The van der Waals surface area contributed by atoms with E-state index in [1.165, 1.54) is 16.4 Å². The summed E-state index contributed by atoms with van der Waals surface area (Å²) >= 11 is 2.42. The van der Waals surface area contributed by atoms with Crippen molar-refractivity contribution < 1.29 is 0 Å². The largest absolute Gasteiger partial charge is 0.0842 e. The Morgan fingerprint density at radius 2 is 2.00 bits per heavy atom. The molecule has 0 aromatic carbocycles. The Morgan fingerprint density at radius 3 is 2.40 bits per heavy atom. The monoisotopic (exact) mass is 264 g/mol. The smallest absolute Gasteiger partial charge is 0.0595 e. The highest BCUT2D eigenvalue weighted by atomic mass is 127. The van der Waals surface area contributed by atoms with E-state index in [0.29, 0.717) is 0 Å². The van der Waals surface area contributed by atoms with Gasteiger partial charge in [0.15, 0.2) is 0 Å². The van der Waals surface area contributed by atoms with E-state index >= 15 is 0 Å². The molecule has 56 valence electrons. The van der Waals surface area contributed by atoms with Gasteiger partial charge in [0.05, 0.1) is 8.80 Å². The molecular formula is C8H13ISi. The van der Waals surface area contributed by atoms with Gasteiger partial charge in [-0.25, -0.2) is 0 Å². The highest BCUT2D eigenvalue weighted by Crippen LogP contribution is 2.23. The lowest BCUT2D eigenvalue weighted by atomic mass is 10.2. The average molecular weight is 264 g/mol. The molecule has 0 atom stereocenters. The fourth-order valence-corrected chi connectivity index (χ4v) is 2.76. The maximum atomic E-state index is 2.42. The summed E-state index contributed by atoms with van der Waals surface area (Å²) in [5, 5.41) is 1.74. The molecule has 0 aromatic heterocycles. The highest BCUT2D eigenvalue weighted by Gasteiger charge is 2.07. The fourth-order valence-electron chi connectivity index (χ4n) is 1.11. The third-order valence-corrected chi connectivity index (χ3v) is 4.74. The van der Waals surface area contributed by atoms with Crippen LogP contribution >= 0.6 is 22.6 Å². The maximum absolute atomic E-state index is 2.42. The zero-order chi connectivity index (χ0) is 7.56. The number of halogens is 1. The van der Waals surface area contributed by atoms with Crippen LogP contribution in [0.3, 0.4) is 0 Å². The average Bonchev–Trinajstić information content (AvgIpc) is 1.88. The Bertz CT molecular complexity index is 180. The van der Waals surface area contributed by atoms with Crippen molar-refractivity contribution in [2.24, 2.45) is 0 Å². The minimum absolute atomic E-state index is 0.466. The highest BCUT2D eigenvalue weighted by molar-refractivity contribution is 14.1. The second kappa shape index (κ2) is 3.71. The molecule has 0 unspecified atom stereocenters. The summed E-state index contributed by atoms with van der Waals surface area (Å²) < 4.78 is 1.51. The predicted octanol–water partition coefficient (Wildman–Crippen LogP) is 3.05. The van der Waals surface area contributed by atoms with Gasteiger partial charge >= 0.3 is 0 Å². The van der Waals surface area contributed by atoms with Crippen LogP contribution in [0.1, 0.15) is 12.8 Å². The van der Waals surface area contributed by atoms with Crippen molar-refractivity contribution in [3.63, 3.8) is 0 Å². The van der Waals surface area contributed by atoms with Crippen molar-refractivity contribution in [1.29, 1.82) is 0 Å². The molecule has 0 nitrogen and oxygen atoms in total. The zero-order valence-electron chi connectivity index (χ0n) is 6.52. The molecule has 0 saturated heterocycles. The van der Waals surface area contributed by atoms with E-state index in [1.54, 1.807) is 5.20 Å². The van der Waals surface area contributed by atoms with E-state index in [9.17, 15) is 0 Å². The minimum atomic E-state index is -0.466. The van der Waals surface area contributed by atoms with Crippen LogP contribution in [-0.4, -0.2) is 8.80 Å². The van der Waals surface area contributed by atoms with Gasteiger partial charge in [0.25, 0.3) is 0 Å². The molecule has 1 aliphatic carbocycles. The third-order valence-electron chi connectivity index (χ3n) is 1.87. The van der Waals surface area contributed by atoms with Crippen LogP contribution in [0.4, 0.5) is 0 Å². The minimum Gasteiger partial charge on any atom is -0.0842 e. The van der Waals surface area contributed by atoms with Crippen molar-refractivity contribution in [3.05, 3.63) is 20.9 Å². The zero-order valence-corrected chi connectivity index (χ0v) is 9.84. The van der Waals surface area contributed by atoms with Crippen LogP contribution in [0.25, 0.3) is 0 Å². The van der Waals surface area contributed by atoms with Crippen LogP contribution in [0.15, 0.2) is 20.9 Å². The second-order valence-corrected chi connectivity index (χ2v) is 7.45. The number of allylic oxidation sites excluding steroid dienone is 4. The summed E-state index contributed by atoms with van der Waals surface area (Å²) in [5.41, 5.74) is 0. The van der Waals surface area contributed by atoms with Crippen LogP contribution in [-0.2, 0) is 0 Å². The molecule has 0 bridgehead atoms. The molecule has 0 radical (unpaired) electrons. The van der Waals surface area contributed by atoms with Gasteiger partial charge < -0.3 is 0 Å². The molecule has 1 rings (SSSR count). The summed E-state index contributed by atoms with van der Waals surface area (Å²) in [6, 6.07) is 0. The molecule has 1 aliphatic rings. The molecule has 0 N–H and O–H groups in total. The van der Waals surface area contributed by atoms with Gasteiger partial charge in [0.2, 0.25) is 0 Å². The molecule has 0 amide bonds. The summed E-state index contributed by atoms with van der Waals surface area (Å²) in [7, 11) is -0.466. The van der Waals surface area contributed by atoms with Gasteiger partial charge in [0.1, 0.15) is 0 Å². The van der Waals surface area contributed by atoms with Crippen LogP contribution in [0.5, 0.6) is 0 Å². The Kier molecular flexibility index (Phi) is 3.16. The molecule has 0 saturated carbocycles. The Balaban J connectivity index is 2.64. The van der Waals surface area contributed by atoms with Crippen molar-refractivity contribution in [3.8, 4) is 0 Å². The molecule has 0 fully saturated rings. The van der Waals surface area contributed by atoms with Crippen molar-refractivity contribution >= 4 is 31.4 Å².